The number of H-pyrrole nitrogens is 1. The molecule has 1 atom stereocenters. The minimum Gasteiger partial charge on any atom is -0.466 e. The van der Waals surface area contributed by atoms with E-state index in [-0.39, 0.29) is 11.0 Å². The summed E-state index contributed by atoms with van der Waals surface area (Å²) in [6, 6.07) is 15.6. The van der Waals surface area contributed by atoms with Crippen molar-refractivity contribution in [3.63, 3.8) is 0 Å². The maximum atomic E-state index is 11.6. The predicted molar refractivity (Wildman–Crippen MR) is 160 cm³/mol. The molecule has 0 amide bonds. The predicted octanol–water partition coefficient (Wildman–Crippen LogP) is 7.30. The van der Waals surface area contributed by atoms with Crippen LogP contribution in [0, 0.1) is 0 Å². The number of aryl methyl sites for hydroxylation is 1. The molecule has 5 nitrogen and oxygen atoms in total. The Hall–Kier alpha value is -2.67. The Balaban J connectivity index is 1.55. The highest BCUT2D eigenvalue weighted by atomic mass is 28.4. The van der Waals surface area contributed by atoms with E-state index >= 15 is 0 Å². The van der Waals surface area contributed by atoms with Crippen LogP contribution in [0.25, 0.3) is 17.0 Å². The first-order valence-electron chi connectivity index (χ1n) is 13.9. The van der Waals surface area contributed by atoms with Gasteiger partial charge in [-0.2, -0.15) is 0 Å². The normalized spacial score (nSPS) is 16.3. The third-order valence-corrected chi connectivity index (χ3v) is 13.0. The maximum Gasteiger partial charge on any atom is 0.330 e. The minimum atomic E-state index is -1.81. The molecule has 4 rings (SSSR count). The molecule has 6 heteroatoms. The Bertz CT molecular complexity index is 1270. The van der Waals surface area contributed by atoms with E-state index in [4.69, 9.17) is 9.16 Å². The number of aromatic nitrogens is 1. The van der Waals surface area contributed by atoms with Crippen LogP contribution in [0.2, 0.25) is 18.1 Å². The van der Waals surface area contributed by atoms with Gasteiger partial charge in [0.2, 0.25) is 0 Å². The highest BCUT2D eigenvalue weighted by molar-refractivity contribution is 6.74. The van der Waals surface area contributed by atoms with Gasteiger partial charge in [0, 0.05) is 48.9 Å². The van der Waals surface area contributed by atoms with Crippen molar-refractivity contribution in [3.8, 4) is 0 Å². The highest BCUT2D eigenvalue weighted by Gasteiger charge is 2.37. The van der Waals surface area contributed by atoms with Gasteiger partial charge in [-0.25, -0.2) is 4.79 Å². The number of nitrogens with one attached hydrogen (secondary N) is 1. The van der Waals surface area contributed by atoms with Gasteiger partial charge in [0.05, 0.1) is 7.11 Å². The van der Waals surface area contributed by atoms with Crippen molar-refractivity contribution in [2.45, 2.75) is 70.6 Å². The highest BCUT2D eigenvalue weighted by Crippen LogP contribution is 2.38. The van der Waals surface area contributed by atoms with Crippen LogP contribution in [-0.2, 0) is 26.8 Å². The molecule has 1 N–H and O–H groups in total. The molecule has 1 aromatic heterocycles. The van der Waals surface area contributed by atoms with Crippen molar-refractivity contribution in [2.75, 3.05) is 26.8 Å². The number of rotatable bonds is 10. The fourth-order valence-corrected chi connectivity index (χ4v) is 6.22. The smallest absolute Gasteiger partial charge is 0.330 e. The van der Waals surface area contributed by atoms with Crippen LogP contribution >= 0.6 is 0 Å². The van der Waals surface area contributed by atoms with E-state index in [9.17, 15) is 4.79 Å². The molecule has 0 saturated carbocycles. The fourth-order valence-electron chi connectivity index (χ4n) is 5.18. The molecule has 1 heterocycles. The van der Waals surface area contributed by atoms with E-state index < -0.39 is 8.32 Å². The molecule has 204 valence electrons. The van der Waals surface area contributed by atoms with Crippen LogP contribution in [-0.4, -0.2) is 51.0 Å². The quantitative estimate of drug-likeness (QED) is 0.169. The molecule has 2 aromatic carbocycles. The summed E-state index contributed by atoms with van der Waals surface area (Å²) in [5.74, 6) is -0.328. The lowest BCUT2D eigenvalue weighted by Crippen LogP contribution is -2.43. The van der Waals surface area contributed by atoms with Crippen molar-refractivity contribution >= 4 is 31.3 Å². The molecule has 38 heavy (non-hydrogen) atoms. The van der Waals surface area contributed by atoms with Crippen LogP contribution in [0.5, 0.6) is 0 Å². The third-order valence-electron chi connectivity index (χ3n) is 8.49. The number of carbonyl (C=O) groups is 1. The van der Waals surface area contributed by atoms with Crippen LogP contribution in [0.4, 0.5) is 0 Å². The van der Waals surface area contributed by atoms with Gasteiger partial charge in [-0.05, 0) is 78.2 Å². The molecule has 0 bridgehead atoms. The van der Waals surface area contributed by atoms with E-state index in [1.54, 1.807) is 0 Å². The second kappa shape index (κ2) is 12.0. The van der Waals surface area contributed by atoms with Gasteiger partial charge in [-0.1, -0.05) is 57.2 Å². The number of carbonyl (C=O) groups excluding carboxylic acids is 1. The molecule has 0 saturated heterocycles. The number of nitrogens with zero attached hydrogens (tertiary/aromatic N) is 1. The van der Waals surface area contributed by atoms with E-state index in [0.29, 0.717) is 6.04 Å². The minimum absolute atomic E-state index is 0.202. The largest absolute Gasteiger partial charge is 0.466 e. The van der Waals surface area contributed by atoms with Gasteiger partial charge in [-0.15, -0.1) is 0 Å². The lowest BCUT2D eigenvalue weighted by atomic mass is 9.85. The number of hydrogen-bond donors (Lipinski definition) is 1. The fraction of sp³-hybridized carbons (Fsp3) is 0.469. The number of para-hydroxylation sites is 1. The van der Waals surface area contributed by atoms with Gasteiger partial charge in [0.1, 0.15) is 0 Å². The zero-order chi connectivity index (χ0) is 27.3. The van der Waals surface area contributed by atoms with Gasteiger partial charge >= 0.3 is 5.97 Å². The van der Waals surface area contributed by atoms with E-state index in [1.807, 2.05) is 6.08 Å². The first kappa shape index (κ1) is 28.3. The molecule has 1 unspecified atom stereocenters. The Labute approximate surface area is 229 Å². The van der Waals surface area contributed by atoms with Crippen LogP contribution in [0.1, 0.15) is 61.9 Å². The lowest BCUT2D eigenvalue weighted by molar-refractivity contribution is -0.134. The van der Waals surface area contributed by atoms with Crippen molar-refractivity contribution in [1.82, 2.24) is 9.88 Å². The molecule has 0 radical (unpaired) electrons. The van der Waals surface area contributed by atoms with Gasteiger partial charge in [0.25, 0.3) is 0 Å². The molecule has 0 aliphatic heterocycles. The average Bonchev–Trinajstić information content (AvgIpc) is 3.31. The maximum absolute atomic E-state index is 11.6. The SMILES string of the molecule is COC(=O)/C=C/c1ccc2c(c1)CCCC2N(CCO[Si](C)(C)C(C)(C)C)CCc1c[nH]c2ccccc12. The number of fused-ring (bicyclic) bond motifs is 2. The first-order chi connectivity index (χ1) is 18.1. The summed E-state index contributed by atoms with van der Waals surface area (Å²) in [7, 11) is -0.405. The van der Waals surface area contributed by atoms with Crippen LogP contribution in [0.3, 0.4) is 0 Å². The van der Waals surface area contributed by atoms with Gasteiger partial charge in [0.15, 0.2) is 8.32 Å². The summed E-state index contributed by atoms with van der Waals surface area (Å²) in [4.78, 5) is 17.7. The standard InChI is InChI=1S/C32H44N2O3Si/c1-32(2,3)38(5,6)37-21-20-34(19-18-26-23-33-29-12-8-7-11-27(26)29)30-13-9-10-25-22-24(14-16-28(25)30)15-17-31(35)36-4/h7-8,11-12,14-17,22-23,30,33H,9-10,13,18-21H2,1-6H3/b17-15+. The summed E-state index contributed by atoms with van der Waals surface area (Å²) in [5, 5.41) is 1.52. The van der Waals surface area contributed by atoms with Crippen LogP contribution < -0.4 is 0 Å². The molecule has 0 spiro atoms. The third kappa shape index (κ3) is 6.66. The van der Waals surface area contributed by atoms with Crippen molar-refractivity contribution in [2.24, 2.45) is 0 Å². The number of benzene rings is 2. The zero-order valence-corrected chi connectivity index (χ0v) is 25.0. The van der Waals surface area contributed by atoms with E-state index in [2.05, 4.69) is 92.4 Å². The Morgan fingerprint density at radius 2 is 1.95 bits per heavy atom. The topological polar surface area (TPSA) is 54.6 Å². The zero-order valence-electron chi connectivity index (χ0n) is 24.0. The summed E-state index contributed by atoms with van der Waals surface area (Å²) in [5.41, 5.74) is 6.41. The Morgan fingerprint density at radius 3 is 2.71 bits per heavy atom. The number of hydrogen-bond acceptors (Lipinski definition) is 4. The molecule has 1 aliphatic rings. The molecule has 0 fully saturated rings. The number of methoxy groups -OCH3 is 1. The van der Waals surface area contributed by atoms with E-state index in [1.165, 1.54) is 40.8 Å². The molecule has 3 aromatic rings. The number of ether oxygens (including phenoxy) is 1. The van der Waals surface area contributed by atoms with Crippen LogP contribution in [0.15, 0.2) is 54.7 Å². The molecular formula is C32H44N2O3Si. The monoisotopic (exact) mass is 532 g/mol. The number of esters is 1. The van der Waals surface area contributed by atoms with Crippen molar-refractivity contribution in [3.05, 3.63) is 77.0 Å². The first-order valence-corrected chi connectivity index (χ1v) is 16.8. The summed E-state index contributed by atoms with van der Waals surface area (Å²) >= 11 is 0. The summed E-state index contributed by atoms with van der Waals surface area (Å²) < 4.78 is 11.4. The Morgan fingerprint density at radius 1 is 1.16 bits per heavy atom. The van der Waals surface area contributed by atoms with Gasteiger partial charge in [-0.3, -0.25) is 4.90 Å². The number of aromatic amines is 1. The summed E-state index contributed by atoms with van der Waals surface area (Å²) in [6.07, 6.45) is 9.89. The lowest BCUT2D eigenvalue weighted by Gasteiger charge is -2.39. The summed E-state index contributed by atoms with van der Waals surface area (Å²) in [6.45, 7) is 14.2. The van der Waals surface area contributed by atoms with E-state index in [0.717, 1.165) is 50.9 Å². The van der Waals surface area contributed by atoms with Crippen molar-refractivity contribution in [1.29, 1.82) is 0 Å². The Kier molecular flexibility index (Phi) is 8.96. The molecular weight excluding hydrogens is 488 g/mol. The molecule has 1 aliphatic carbocycles. The van der Waals surface area contributed by atoms with Gasteiger partial charge < -0.3 is 14.1 Å². The second-order valence-corrected chi connectivity index (χ2v) is 16.8. The van der Waals surface area contributed by atoms with Crippen molar-refractivity contribution < 1.29 is 14.0 Å². The second-order valence-electron chi connectivity index (χ2n) is 12.0. The average molecular weight is 533 g/mol.